The molecule has 1 atom stereocenters. The van der Waals surface area contributed by atoms with Gasteiger partial charge in [-0.25, -0.2) is 0 Å². The van der Waals surface area contributed by atoms with Crippen LogP contribution in [0.3, 0.4) is 0 Å². The number of amides is 1. The van der Waals surface area contributed by atoms with E-state index in [2.05, 4.69) is 0 Å². The monoisotopic (exact) mass is 200 g/mol. The standard InChI is InChI=1S/C10H20N2O2/c1-7(2)10(8(3)13)12(4)9(14)5-6-11/h7,10H,5-6,11H2,1-4H3/t10-/m0/s1. The smallest absolute Gasteiger partial charge is 0.224 e. The predicted octanol–water partition coefficient (Wildman–Crippen LogP) is 0.407. The Morgan fingerprint density at radius 3 is 2.14 bits per heavy atom. The summed E-state index contributed by atoms with van der Waals surface area (Å²) in [5.74, 6) is 0.0912. The van der Waals surface area contributed by atoms with Crippen LogP contribution >= 0.6 is 0 Å². The molecule has 0 aromatic carbocycles. The largest absolute Gasteiger partial charge is 0.335 e. The number of carbonyl (C=O) groups excluding carboxylic acids is 2. The molecule has 0 saturated carbocycles. The maximum absolute atomic E-state index is 11.5. The van der Waals surface area contributed by atoms with Crippen LogP contribution < -0.4 is 5.73 Å². The second kappa shape index (κ2) is 5.75. The highest BCUT2D eigenvalue weighted by molar-refractivity contribution is 5.87. The van der Waals surface area contributed by atoms with E-state index < -0.39 is 0 Å². The summed E-state index contributed by atoms with van der Waals surface area (Å²) in [6.07, 6.45) is 0.299. The van der Waals surface area contributed by atoms with Gasteiger partial charge in [0.25, 0.3) is 0 Å². The van der Waals surface area contributed by atoms with Gasteiger partial charge in [-0.05, 0) is 12.8 Å². The van der Waals surface area contributed by atoms with E-state index in [9.17, 15) is 9.59 Å². The van der Waals surface area contributed by atoms with Crippen molar-refractivity contribution in [3.63, 3.8) is 0 Å². The average molecular weight is 200 g/mol. The van der Waals surface area contributed by atoms with Gasteiger partial charge in [-0.1, -0.05) is 13.8 Å². The van der Waals surface area contributed by atoms with Gasteiger partial charge in [0.2, 0.25) is 5.91 Å². The molecule has 0 spiro atoms. The SMILES string of the molecule is CC(=O)[C@H](C(C)C)N(C)C(=O)CCN. The van der Waals surface area contributed by atoms with Crippen molar-refractivity contribution in [1.82, 2.24) is 4.90 Å². The lowest BCUT2D eigenvalue weighted by Crippen LogP contribution is -2.45. The molecule has 0 bridgehead atoms. The van der Waals surface area contributed by atoms with Crippen LogP contribution in [0.25, 0.3) is 0 Å². The molecule has 4 heteroatoms. The van der Waals surface area contributed by atoms with E-state index in [1.165, 1.54) is 11.8 Å². The van der Waals surface area contributed by atoms with Gasteiger partial charge in [0.05, 0.1) is 6.04 Å². The molecule has 0 heterocycles. The van der Waals surface area contributed by atoms with Crippen LogP contribution in [0.15, 0.2) is 0 Å². The van der Waals surface area contributed by atoms with Crippen LogP contribution in [0, 0.1) is 5.92 Å². The molecule has 4 nitrogen and oxygen atoms in total. The zero-order chi connectivity index (χ0) is 11.3. The van der Waals surface area contributed by atoms with E-state index in [0.29, 0.717) is 13.0 Å². The number of likely N-dealkylation sites (N-methyl/N-ethyl adjacent to an activating group) is 1. The molecule has 2 N–H and O–H groups in total. The number of carbonyl (C=O) groups is 2. The van der Waals surface area contributed by atoms with Crippen molar-refractivity contribution in [2.24, 2.45) is 11.7 Å². The molecule has 0 aliphatic carbocycles. The van der Waals surface area contributed by atoms with E-state index >= 15 is 0 Å². The Balaban J connectivity index is 4.51. The molecule has 0 aliphatic heterocycles. The number of ketones is 1. The first-order valence-corrected chi connectivity index (χ1v) is 4.88. The molecule has 0 aromatic heterocycles. The Labute approximate surface area is 85.4 Å². The van der Waals surface area contributed by atoms with Gasteiger partial charge in [-0.2, -0.15) is 0 Å². The summed E-state index contributed by atoms with van der Waals surface area (Å²) >= 11 is 0. The van der Waals surface area contributed by atoms with E-state index in [1.54, 1.807) is 7.05 Å². The van der Waals surface area contributed by atoms with Crippen LogP contribution in [0.1, 0.15) is 27.2 Å². The predicted molar refractivity (Wildman–Crippen MR) is 55.7 cm³/mol. The third-order valence-electron chi connectivity index (χ3n) is 2.22. The van der Waals surface area contributed by atoms with Crippen molar-refractivity contribution in [3.05, 3.63) is 0 Å². The number of Topliss-reactive ketones (excluding diaryl/α,β-unsaturated/α-hetero) is 1. The molecule has 1 amide bonds. The van der Waals surface area contributed by atoms with Crippen LogP contribution in [0.2, 0.25) is 0 Å². The van der Waals surface area contributed by atoms with Gasteiger partial charge in [0.1, 0.15) is 0 Å². The van der Waals surface area contributed by atoms with Crippen molar-refractivity contribution in [2.75, 3.05) is 13.6 Å². The average Bonchev–Trinajstić information content (AvgIpc) is 2.03. The first kappa shape index (κ1) is 13.1. The van der Waals surface area contributed by atoms with Crippen LogP contribution in [0.5, 0.6) is 0 Å². The summed E-state index contributed by atoms with van der Waals surface area (Å²) in [6.45, 7) is 5.69. The summed E-state index contributed by atoms with van der Waals surface area (Å²) in [7, 11) is 1.66. The van der Waals surface area contributed by atoms with Gasteiger partial charge in [-0.15, -0.1) is 0 Å². The molecule has 82 valence electrons. The minimum atomic E-state index is -0.325. The van der Waals surface area contributed by atoms with Crippen LogP contribution in [-0.4, -0.2) is 36.2 Å². The first-order chi connectivity index (χ1) is 6.41. The van der Waals surface area contributed by atoms with E-state index in [1.807, 2.05) is 13.8 Å². The number of hydrogen-bond donors (Lipinski definition) is 1. The Morgan fingerprint density at radius 1 is 1.36 bits per heavy atom. The molecule has 0 aromatic rings. The highest BCUT2D eigenvalue weighted by Crippen LogP contribution is 2.11. The number of nitrogens with zero attached hydrogens (tertiary/aromatic N) is 1. The van der Waals surface area contributed by atoms with E-state index in [4.69, 9.17) is 5.73 Å². The zero-order valence-electron chi connectivity index (χ0n) is 9.41. The van der Waals surface area contributed by atoms with Crippen molar-refractivity contribution in [1.29, 1.82) is 0 Å². The van der Waals surface area contributed by atoms with Crippen molar-refractivity contribution in [2.45, 2.75) is 33.2 Å². The quantitative estimate of drug-likeness (QED) is 0.699. The van der Waals surface area contributed by atoms with E-state index in [0.717, 1.165) is 0 Å². The Kier molecular flexibility index (Phi) is 5.38. The molecular formula is C10H20N2O2. The minimum absolute atomic E-state index is 0.0212. The highest BCUT2D eigenvalue weighted by atomic mass is 16.2. The summed E-state index contributed by atoms with van der Waals surface area (Å²) < 4.78 is 0. The second-order valence-electron chi connectivity index (χ2n) is 3.84. The number of rotatable bonds is 5. The minimum Gasteiger partial charge on any atom is -0.335 e. The Bertz CT molecular complexity index is 214. The lowest BCUT2D eigenvalue weighted by molar-refractivity contribution is -0.138. The fourth-order valence-corrected chi connectivity index (χ4v) is 1.64. The van der Waals surface area contributed by atoms with Gasteiger partial charge >= 0.3 is 0 Å². The molecule has 0 rings (SSSR count). The third-order valence-corrected chi connectivity index (χ3v) is 2.22. The fraction of sp³-hybridized carbons (Fsp3) is 0.800. The summed E-state index contributed by atoms with van der Waals surface area (Å²) in [5, 5.41) is 0. The molecule has 0 unspecified atom stereocenters. The lowest BCUT2D eigenvalue weighted by atomic mass is 9.99. The van der Waals surface area contributed by atoms with Crippen molar-refractivity contribution in [3.8, 4) is 0 Å². The fourth-order valence-electron chi connectivity index (χ4n) is 1.64. The van der Waals surface area contributed by atoms with Crippen LogP contribution in [-0.2, 0) is 9.59 Å². The molecule has 0 aliphatic rings. The molecule has 14 heavy (non-hydrogen) atoms. The van der Waals surface area contributed by atoms with Crippen LogP contribution in [0.4, 0.5) is 0 Å². The second-order valence-corrected chi connectivity index (χ2v) is 3.84. The van der Waals surface area contributed by atoms with Crippen molar-refractivity contribution < 1.29 is 9.59 Å². The topological polar surface area (TPSA) is 63.4 Å². The number of hydrogen-bond acceptors (Lipinski definition) is 3. The van der Waals surface area contributed by atoms with Gasteiger partial charge in [0, 0.05) is 20.0 Å². The molecular weight excluding hydrogens is 180 g/mol. The summed E-state index contributed by atoms with van der Waals surface area (Å²) in [5.41, 5.74) is 5.29. The Morgan fingerprint density at radius 2 is 1.86 bits per heavy atom. The summed E-state index contributed by atoms with van der Waals surface area (Å²) in [4.78, 5) is 24.3. The first-order valence-electron chi connectivity index (χ1n) is 4.88. The van der Waals surface area contributed by atoms with Gasteiger partial charge in [-0.3, -0.25) is 9.59 Å². The van der Waals surface area contributed by atoms with Gasteiger partial charge in [0.15, 0.2) is 5.78 Å². The maximum atomic E-state index is 11.5. The van der Waals surface area contributed by atoms with Gasteiger partial charge < -0.3 is 10.6 Å². The zero-order valence-corrected chi connectivity index (χ0v) is 9.41. The highest BCUT2D eigenvalue weighted by Gasteiger charge is 2.26. The lowest BCUT2D eigenvalue weighted by Gasteiger charge is -2.29. The summed E-state index contributed by atoms with van der Waals surface area (Å²) in [6, 6.07) is -0.325. The number of nitrogens with two attached hydrogens (primary N) is 1. The molecule has 0 saturated heterocycles. The third kappa shape index (κ3) is 3.46. The molecule has 0 radical (unpaired) electrons. The molecule has 0 fully saturated rings. The van der Waals surface area contributed by atoms with Crippen molar-refractivity contribution >= 4 is 11.7 Å². The maximum Gasteiger partial charge on any atom is 0.224 e. The van der Waals surface area contributed by atoms with E-state index in [-0.39, 0.29) is 23.7 Å². The normalized spacial score (nSPS) is 12.7. The Hall–Kier alpha value is -0.900.